The molecule has 0 atom stereocenters. The second-order valence-electron chi connectivity index (χ2n) is 6.85. The lowest BCUT2D eigenvalue weighted by molar-refractivity contribution is -0.137. The quantitative estimate of drug-likeness (QED) is 0.787. The first-order valence-electron chi connectivity index (χ1n) is 9.18. The van der Waals surface area contributed by atoms with Crippen molar-refractivity contribution in [1.29, 1.82) is 0 Å². The highest BCUT2D eigenvalue weighted by atomic mass is 19.4. The highest BCUT2D eigenvalue weighted by Crippen LogP contribution is 2.29. The number of nitrogens with zero attached hydrogens (tertiary/aromatic N) is 2. The van der Waals surface area contributed by atoms with E-state index in [1.54, 1.807) is 12.0 Å². The molecule has 7 heteroatoms. The molecular weight excluding hydrogens is 369 g/mol. The van der Waals surface area contributed by atoms with Crippen LogP contribution in [-0.4, -0.2) is 49.0 Å². The molecule has 2 aromatic rings. The molecule has 1 aliphatic heterocycles. The molecule has 1 fully saturated rings. The summed E-state index contributed by atoms with van der Waals surface area (Å²) in [6, 6.07) is 12.5. The number of hydrogen-bond donors (Lipinski definition) is 0. The number of carbonyl (C=O) groups is 1. The lowest BCUT2D eigenvalue weighted by Gasteiger charge is -2.22. The van der Waals surface area contributed by atoms with Crippen LogP contribution in [0.15, 0.2) is 48.5 Å². The molecule has 0 spiro atoms. The number of ether oxygens (including phenoxy) is 1. The lowest BCUT2D eigenvalue weighted by Crippen LogP contribution is -2.35. The highest BCUT2D eigenvalue weighted by Gasteiger charge is 2.31. The molecule has 1 heterocycles. The first-order valence-corrected chi connectivity index (χ1v) is 9.18. The molecule has 0 saturated carbocycles. The molecule has 1 amide bonds. The molecular formula is C21H23F3N2O2. The van der Waals surface area contributed by atoms with Gasteiger partial charge in [-0.2, -0.15) is 13.2 Å². The largest absolute Gasteiger partial charge is 0.497 e. The highest BCUT2D eigenvalue weighted by molar-refractivity contribution is 5.94. The Morgan fingerprint density at radius 1 is 1.04 bits per heavy atom. The number of rotatable bonds is 4. The van der Waals surface area contributed by atoms with E-state index in [1.165, 1.54) is 12.1 Å². The van der Waals surface area contributed by atoms with Gasteiger partial charge in [0.25, 0.3) is 5.91 Å². The van der Waals surface area contributed by atoms with Crippen molar-refractivity contribution in [3.63, 3.8) is 0 Å². The Bertz CT molecular complexity index is 806. The van der Waals surface area contributed by atoms with Crippen LogP contribution in [0.1, 0.15) is 27.9 Å². The molecule has 0 unspecified atom stereocenters. The third-order valence-electron chi connectivity index (χ3n) is 4.88. The fraction of sp³-hybridized carbons (Fsp3) is 0.381. The Morgan fingerprint density at radius 2 is 1.79 bits per heavy atom. The number of carbonyl (C=O) groups excluding carboxylic acids is 1. The first-order chi connectivity index (χ1) is 13.4. The van der Waals surface area contributed by atoms with Gasteiger partial charge in [-0.15, -0.1) is 0 Å². The molecule has 1 aliphatic rings. The van der Waals surface area contributed by atoms with E-state index < -0.39 is 11.7 Å². The summed E-state index contributed by atoms with van der Waals surface area (Å²) in [7, 11) is 1.62. The van der Waals surface area contributed by atoms with Crippen LogP contribution < -0.4 is 4.74 Å². The molecule has 2 aromatic carbocycles. The Balaban J connectivity index is 1.62. The monoisotopic (exact) mass is 392 g/mol. The summed E-state index contributed by atoms with van der Waals surface area (Å²) in [5, 5.41) is 0. The van der Waals surface area contributed by atoms with Crippen LogP contribution in [0.25, 0.3) is 0 Å². The van der Waals surface area contributed by atoms with E-state index in [4.69, 9.17) is 4.74 Å². The van der Waals surface area contributed by atoms with Gasteiger partial charge < -0.3 is 9.64 Å². The van der Waals surface area contributed by atoms with Gasteiger partial charge in [-0.05, 0) is 42.3 Å². The summed E-state index contributed by atoms with van der Waals surface area (Å²) >= 11 is 0. The van der Waals surface area contributed by atoms with Gasteiger partial charge in [-0.3, -0.25) is 9.69 Å². The summed E-state index contributed by atoms with van der Waals surface area (Å²) < 4.78 is 43.9. The summed E-state index contributed by atoms with van der Waals surface area (Å²) in [6.07, 6.45) is -3.68. The normalized spacial score (nSPS) is 15.9. The molecule has 0 aromatic heterocycles. The van der Waals surface area contributed by atoms with Crippen LogP contribution in [0.2, 0.25) is 0 Å². The molecule has 150 valence electrons. The minimum atomic E-state index is -4.45. The minimum absolute atomic E-state index is 0.0819. The summed E-state index contributed by atoms with van der Waals surface area (Å²) in [6.45, 7) is 3.30. The van der Waals surface area contributed by atoms with Crippen molar-refractivity contribution in [2.75, 3.05) is 33.3 Å². The van der Waals surface area contributed by atoms with Gasteiger partial charge in [-0.25, -0.2) is 0 Å². The van der Waals surface area contributed by atoms with Gasteiger partial charge in [0.1, 0.15) is 5.75 Å². The van der Waals surface area contributed by atoms with Gasteiger partial charge in [0.2, 0.25) is 0 Å². The third kappa shape index (κ3) is 5.04. The smallest absolute Gasteiger partial charge is 0.416 e. The molecule has 3 rings (SSSR count). The average molecular weight is 392 g/mol. The number of alkyl halides is 3. The molecule has 4 nitrogen and oxygen atoms in total. The fourth-order valence-electron chi connectivity index (χ4n) is 3.33. The van der Waals surface area contributed by atoms with Crippen molar-refractivity contribution in [3.05, 3.63) is 65.2 Å². The standard InChI is InChI=1S/C21H23F3N2O2/c1-28-19-8-6-16(7-9-19)15-25-10-3-11-26(13-12-25)20(27)17-4-2-5-18(14-17)21(22,23)24/h2,4-9,14H,3,10-13,15H2,1H3. The van der Waals surface area contributed by atoms with Crippen molar-refractivity contribution in [2.24, 2.45) is 0 Å². The topological polar surface area (TPSA) is 32.8 Å². The number of hydrogen-bond acceptors (Lipinski definition) is 3. The number of benzene rings is 2. The molecule has 0 radical (unpaired) electrons. The van der Waals surface area contributed by atoms with E-state index in [0.29, 0.717) is 19.6 Å². The van der Waals surface area contributed by atoms with E-state index in [-0.39, 0.29) is 11.5 Å². The van der Waals surface area contributed by atoms with Gasteiger partial charge in [0.15, 0.2) is 0 Å². The molecule has 0 N–H and O–H groups in total. The maximum Gasteiger partial charge on any atom is 0.416 e. The van der Waals surface area contributed by atoms with Crippen molar-refractivity contribution < 1.29 is 22.7 Å². The van der Waals surface area contributed by atoms with Gasteiger partial charge in [0.05, 0.1) is 12.7 Å². The summed E-state index contributed by atoms with van der Waals surface area (Å²) in [5.74, 6) is 0.454. The van der Waals surface area contributed by atoms with E-state index in [1.807, 2.05) is 24.3 Å². The zero-order chi connectivity index (χ0) is 20.1. The van der Waals surface area contributed by atoms with Gasteiger partial charge in [0, 0.05) is 38.3 Å². The Hall–Kier alpha value is -2.54. The van der Waals surface area contributed by atoms with Crippen LogP contribution in [0.5, 0.6) is 5.75 Å². The summed E-state index contributed by atoms with van der Waals surface area (Å²) in [5.41, 5.74) is 0.436. The number of halogens is 3. The summed E-state index contributed by atoms with van der Waals surface area (Å²) in [4.78, 5) is 16.6. The molecule has 1 saturated heterocycles. The number of methoxy groups -OCH3 is 1. The van der Waals surface area contributed by atoms with Gasteiger partial charge in [-0.1, -0.05) is 18.2 Å². The minimum Gasteiger partial charge on any atom is -0.497 e. The van der Waals surface area contributed by atoms with E-state index >= 15 is 0 Å². The second kappa shape index (κ2) is 8.65. The van der Waals surface area contributed by atoms with Crippen molar-refractivity contribution in [3.8, 4) is 5.75 Å². The van der Waals surface area contributed by atoms with Crippen molar-refractivity contribution in [1.82, 2.24) is 9.80 Å². The zero-order valence-corrected chi connectivity index (χ0v) is 15.7. The first kappa shape index (κ1) is 20.2. The predicted molar refractivity (Wildman–Crippen MR) is 100 cm³/mol. The average Bonchev–Trinajstić information content (AvgIpc) is 2.93. The van der Waals surface area contributed by atoms with Crippen LogP contribution >= 0.6 is 0 Å². The number of amides is 1. The zero-order valence-electron chi connectivity index (χ0n) is 15.7. The Morgan fingerprint density at radius 3 is 2.46 bits per heavy atom. The van der Waals surface area contributed by atoms with Crippen LogP contribution in [-0.2, 0) is 12.7 Å². The molecule has 0 aliphatic carbocycles. The third-order valence-corrected chi connectivity index (χ3v) is 4.88. The molecule has 0 bridgehead atoms. The van der Waals surface area contributed by atoms with Crippen molar-refractivity contribution >= 4 is 5.91 Å². The Kier molecular flexibility index (Phi) is 6.24. The van der Waals surface area contributed by atoms with Crippen LogP contribution in [0.3, 0.4) is 0 Å². The Labute approximate surface area is 162 Å². The fourth-order valence-corrected chi connectivity index (χ4v) is 3.33. The van der Waals surface area contributed by atoms with Crippen molar-refractivity contribution in [2.45, 2.75) is 19.1 Å². The lowest BCUT2D eigenvalue weighted by atomic mass is 10.1. The van der Waals surface area contributed by atoms with Gasteiger partial charge >= 0.3 is 6.18 Å². The maximum atomic E-state index is 12.9. The van der Waals surface area contributed by atoms with E-state index in [2.05, 4.69) is 4.90 Å². The van der Waals surface area contributed by atoms with Crippen LogP contribution in [0.4, 0.5) is 13.2 Å². The SMILES string of the molecule is COc1ccc(CN2CCCN(C(=O)c3cccc(C(F)(F)F)c3)CC2)cc1. The maximum absolute atomic E-state index is 12.9. The second-order valence-corrected chi connectivity index (χ2v) is 6.85. The van der Waals surface area contributed by atoms with Crippen LogP contribution in [0, 0.1) is 0 Å². The predicted octanol–water partition coefficient (Wildman–Crippen LogP) is 4.06. The van der Waals surface area contributed by atoms with E-state index in [9.17, 15) is 18.0 Å². The van der Waals surface area contributed by atoms with E-state index in [0.717, 1.165) is 43.0 Å². The molecule has 28 heavy (non-hydrogen) atoms.